The zero-order valence-corrected chi connectivity index (χ0v) is 9.23. The minimum absolute atomic E-state index is 0.268. The normalized spacial score (nSPS) is 21.4. The molecule has 0 aliphatic carbocycles. The largest absolute Gasteiger partial charge is 0.480 e. The smallest absolute Gasteiger partial charge is 0.323 e. The van der Waals surface area contributed by atoms with E-state index in [1.165, 1.54) is 11.8 Å². The number of carboxylic acids is 1. The monoisotopic (exact) mass is 228 g/mol. The summed E-state index contributed by atoms with van der Waals surface area (Å²) in [5.74, 6) is -1.59. The van der Waals surface area contributed by atoms with Gasteiger partial charge in [0.15, 0.2) is 0 Å². The molecule has 0 spiro atoms. The summed E-state index contributed by atoms with van der Waals surface area (Å²) >= 11 is 0. The average molecular weight is 228 g/mol. The molecule has 90 valence electrons. The molecule has 1 heterocycles. The van der Waals surface area contributed by atoms with E-state index in [1.54, 1.807) is 0 Å². The molecule has 6 heteroatoms. The van der Waals surface area contributed by atoms with Crippen LogP contribution in [0.25, 0.3) is 0 Å². The van der Waals surface area contributed by atoms with Gasteiger partial charge in [-0.05, 0) is 19.3 Å². The molecule has 1 aliphatic heterocycles. The Bertz CT molecular complexity index is 275. The number of hydrogen-bond donors (Lipinski definition) is 2. The highest BCUT2D eigenvalue weighted by molar-refractivity contribution is 5.89. The first kappa shape index (κ1) is 12.5. The Morgan fingerprint density at radius 3 is 2.75 bits per heavy atom. The lowest BCUT2D eigenvalue weighted by Gasteiger charge is -2.22. The van der Waals surface area contributed by atoms with Crippen molar-refractivity contribution in [1.82, 2.24) is 10.2 Å². The van der Waals surface area contributed by atoms with Gasteiger partial charge in [-0.2, -0.15) is 0 Å². The number of nitrogens with one attached hydrogen (secondary N) is 1. The molecule has 0 radical (unpaired) electrons. The van der Waals surface area contributed by atoms with Crippen LogP contribution in [0.15, 0.2) is 0 Å². The van der Waals surface area contributed by atoms with Crippen molar-refractivity contribution < 1.29 is 19.5 Å². The van der Waals surface area contributed by atoms with Crippen LogP contribution in [0.3, 0.4) is 0 Å². The maximum atomic E-state index is 11.9. The topological polar surface area (TPSA) is 86.7 Å². The van der Waals surface area contributed by atoms with Crippen LogP contribution in [0, 0.1) is 0 Å². The number of rotatable bonds is 3. The Morgan fingerprint density at radius 1 is 1.50 bits per heavy atom. The number of nitrogens with zero attached hydrogens (tertiary/aromatic N) is 1. The second kappa shape index (κ2) is 5.48. The standard InChI is InChI=1S/C10H16N2O4/c1-7(13)11-8-4-2-3-5-12(10(8)16)6-9(14)15/h8H,2-6H2,1H3,(H,11,13)(H,14,15). The van der Waals surface area contributed by atoms with Crippen LogP contribution in [0.5, 0.6) is 0 Å². The number of likely N-dealkylation sites (tertiary alicyclic amines) is 1. The molecule has 0 saturated carbocycles. The summed E-state index contributed by atoms with van der Waals surface area (Å²) in [4.78, 5) is 34.6. The van der Waals surface area contributed by atoms with Crippen molar-refractivity contribution in [2.45, 2.75) is 32.2 Å². The second-order valence-corrected chi connectivity index (χ2v) is 3.90. The van der Waals surface area contributed by atoms with Gasteiger partial charge < -0.3 is 15.3 Å². The molecular formula is C10H16N2O4. The number of carboxylic acid groups (broad SMARTS) is 1. The molecule has 1 rings (SSSR count). The molecule has 16 heavy (non-hydrogen) atoms. The minimum Gasteiger partial charge on any atom is -0.480 e. The van der Waals surface area contributed by atoms with E-state index in [9.17, 15) is 14.4 Å². The summed E-state index contributed by atoms with van der Waals surface area (Å²) in [6, 6.07) is -0.570. The van der Waals surface area contributed by atoms with Crippen LogP contribution in [0.4, 0.5) is 0 Å². The van der Waals surface area contributed by atoms with Crippen molar-refractivity contribution in [3.8, 4) is 0 Å². The van der Waals surface area contributed by atoms with Crippen LogP contribution in [0.1, 0.15) is 26.2 Å². The lowest BCUT2D eigenvalue weighted by atomic mass is 10.1. The molecule has 6 nitrogen and oxygen atoms in total. The zero-order chi connectivity index (χ0) is 12.1. The van der Waals surface area contributed by atoms with Crippen molar-refractivity contribution in [1.29, 1.82) is 0 Å². The highest BCUT2D eigenvalue weighted by atomic mass is 16.4. The Labute approximate surface area is 93.6 Å². The van der Waals surface area contributed by atoms with Crippen molar-refractivity contribution in [3.63, 3.8) is 0 Å². The van der Waals surface area contributed by atoms with Gasteiger partial charge >= 0.3 is 5.97 Å². The van der Waals surface area contributed by atoms with Gasteiger partial charge in [0.05, 0.1) is 0 Å². The van der Waals surface area contributed by atoms with E-state index >= 15 is 0 Å². The molecule has 0 bridgehead atoms. The van der Waals surface area contributed by atoms with Gasteiger partial charge in [0.2, 0.25) is 11.8 Å². The van der Waals surface area contributed by atoms with Gasteiger partial charge in [0.1, 0.15) is 12.6 Å². The third kappa shape index (κ3) is 3.52. The molecule has 2 N–H and O–H groups in total. The number of carbonyl (C=O) groups excluding carboxylic acids is 2. The predicted octanol–water partition coefficient (Wildman–Crippen LogP) is -0.412. The number of aliphatic carboxylic acids is 1. The Kier molecular flexibility index (Phi) is 4.28. The Hall–Kier alpha value is -1.59. The first-order valence-electron chi connectivity index (χ1n) is 5.28. The van der Waals surface area contributed by atoms with Gasteiger partial charge in [0, 0.05) is 13.5 Å². The molecule has 0 aromatic rings. The Morgan fingerprint density at radius 2 is 2.19 bits per heavy atom. The van der Waals surface area contributed by atoms with Gasteiger partial charge in [0.25, 0.3) is 0 Å². The van der Waals surface area contributed by atoms with Gasteiger partial charge in [-0.3, -0.25) is 14.4 Å². The van der Waals surface area contributed by atoms with Crippen LogP contribution in [0.2, 0.25) is 0 Å². The summed E-state index contributed by atoms with van der Waals surface area (Å²) < 4.78 is 0. The van der Waals surface area contributed by atoms with Crippen molar-refractivity contribution in [2.24, 2.45) is 0 Å². The van der Waals surface area contributed by atoms with E-state index in [4.69, 9.17) is 5.11 Å². The van der Waals surface area contributed by atoms with Crippen LogP contribution in [-0.2, 0) is 14.4 Å². The van der Waals surface area contributed by atoms with Crippen LogP contribution in [-0.4, -0.2) is 46.9 Å². The highest BCUT2D eigenvalue weighted by Gasteiger charge is 2.28. The highest BCUT2D eigenvalue weighted by Crippen LogP contribution is 2.11. The Balaban J connectivity index is 2.67. The summed E-state index contributed by atoms with van der Waals surface area (Å²) in [5, 5.41) is 11.2. The van der Waals surface area contributed by atoms with E-state index in [-0.39, 0.29) is 18.4 Å². The summed E-state index contributed by atoms with van der Waals surface area (Å²) in [5.41, 5.74) is 0. The first-order chi connectivity index (χ1) is 7.50. The maximum absolute atomic E-state index is 11.9. The molecule has 0 aromatic heterocycles. The van der Waals surface area contributed by atoms with E-state index in [0.717, 1.165) is 12.8 Å². The van der Waals surface area contributed by atoms with E-state index < -0.39 is 12.0 Å². The number of amides is 2. The summed E-state index contributed by atoms with van der Waals surface area (Å²) in [6.07, 6.45) is 2.16. The lowest BCUT2D eigenvalue weighted by molar-refractivity contribution is -0.145. The fraction of sp³-hybridized carbons (Fsp3) is 0.700. The van der Waals surface area contributed by atoms with Crippen LogP contribution < -0.4 is 5.32 Å². The summed E-state index contributed by atoms with van der Waals surface area (Å²) in [6.45, 7) is 1.50. The molecule has 2 amide bonds. The predicted molar refractivity (Wildman–Crippen MR) is 55.7 cm³/mol. The lowest BCUT2D eigenvalue weighted by Crippen LogP contribution is -2.48. The molecular weight excluding hydrogens is 212 g/mol. The minimum atomic E-state index is -1.03. The third-order valence-electron chi connectivity index (χ3n) is 2.48. The second-order valence-electron chi connectivity index (χ2n) is 3.90. The first-order valence-corrected chi connectivity index (χ1v) is 5.28. The van der Waals surface area contributed by atoms with Gasteiger partial charge in [-0.15, -0.1) is 0 Å². The third-order valence-corrected chi connectivity index (χ3v) is 2.48. The van der Waals surface area contributed by atoms with Crippen molar-refractivity contribution in [3.05, 3.63) is 0 Å². The maximum Gasteiger partial charge on any atom is 0.323 e. The molecule has 1 aliphatic rings. The van der Waals surface area contributed by atoms with Crippen molar-refractivity contribution in [2.75, 3.05) is 13.1 Å². The zero-order valence-electron chi connectivity index (χ0n) is 9.23. The average Bonchev–Trinajstić information content (AvgIpc) is 2.31. The quantitative estimate of drug-likeness (QED) is 0.687. The number of carbonyl (C=O) groups is 3. The fourth-order valence-electron chi connectivity index (χ4n) is 1.80. The number of hydrogen-bond acceptors (Lipinski definition) is 3. The molecule has 1 atom stereocenters. The SMILES string of the molecule is CC(=O)NC1CCCCN(CC(=O)O)C1=O. The van der Waals surface area contributed by atoms with Crippen LogP contribution >= 0.6 is 0 Å². The van der Waals surface area contributed by atoms with E-state index in [1.807, 2.05) is 0 Å². The van der Waals surface area contributed by atoms with Gasteiger partial charge in [-0.1, -0.05) is 0 Å². The van der Waals surface area contributed by atoms with Gasteiger partial charge in [-0.25, -0.2) is 0 Å². The fourth-order valence-corrected chi connectivity index (χ4v) is 1.80. The summed E-state index contributed by atoms with van der Waals surface area (Å²) in [7, 11) is 0. The molecule has 1 unspecified atom stereocenters. The van der Waals surface area contributed by atoms with Crippen molar-refractivity contribution >= 4 is 17.8 Å². The molecule has 0 aromatic carbocycles. The van der Waals surface area contributed by atoms with E-state index in [2.05, 4.69) is 5.32 Å². The molecule has 1 fully saturated rings. The molecule has 1 saturated heterocycles. The van der Waals surface area contributed by atoms with E-state index in [0.29, 0.717) is 13.0 Å².